The van der Waals surface area contributed by atoms with Crippen molar-refractivity contribution in [1.29, 1.82) is 0 Å². The zero-order valence-electron chi connectivity index (χ0n) is 10.5. The van der Waals surface area contributed by atoms with Crippen LogP contribution in [-0.2, 0) is 0 Å². The molecule has 1 saturated carbocycles. The maximum absolute atomic E-state index is 4.73. The van der Waals surface area contributed by atoms with Gasteiger partial charge in [-0.15, -0.1) is 11.3 Å². The molecule has 4 heteroatoms. The van der Waals surface area contributed by atoms with Gasteiger partial charge in [0.2, 0.25) is 0 Å². The van der Waals surface area contributed by atoms with Crippen LogP contribution in [0.5, 0.6) is 0 Å². The molecule has 0 radical (unpaired) electrons. The van der Waals surface area contributed by atoms with E-state index in [0.717, 1.165) is 23.0 Å². The number of aromatic nitrogens is 2. The number of fused-ring (bicyclic) bond motifs is 1. The molecule has 0 bridgehead atoms. The van der Waals surface area contributed by atoms with E-state index < -0.39 is 0 Å². The van der Waals surface area contributed by atoms with Crippen LogP contribution in [0, 0.1) is 13.8 Å². The second-order valence-corrected chi connectivity index (χ2v) is 5.90. The van der Waals surface area contributed by atoms with Crippen molar-refractivity contribution in [2.24, 2.45) is 0 Å². The number of aryl methyl sites for hydroxylation is 2. The molecule has 1 N–H and O–H groups in total. The lowest BCUT2D eigenvalue weighted by molar-refractivity contribution is 0.947. The van der Waals surface area contributed by atoms with E-state index in [1.54, 1.807) is 11.3 Å². The first-order valence-electron chi connectivity index (χ1n) is 6.22. The molecule has 1 aliphatic rings. The molecule has 0 aliphatic heterocycles. The Morgan fingerprint density at radius 2 is 2.06 bits per heavy atom. The van der Waals surface area contributed by atoms with E-state index in [2.05, 4.69) is 26.1 Å². The average molecular weight is 247 g/mol. The summed E-state index contributed by atoms with van der Waals surface area (Å²) in [4.78, 5) is 11.9. The van der Waals surface area contributed by atoms with Gasteiger partial charge in [-0.1, -0.05) is 0 Å². The molecule has 0 unspecified atom stereocenters. The molecule has 2 heterocycles. The minimum Gasteiger partial charge on any atom is -0.370 e. The zero-order chi connectivity index (χ0) is 12.0. The minimum absolute atomic E-state index is 0.611. The first-order valence-corrected chi connectivity index (χ1v) is 7.04. The highest BCUT2D eigenvalue weighted by Gasteiger charge is 2.28. The molecule has 3 nitrogen and oxygen atoms in total. The topological polar surface area (TPSA) is 37.8 Å². The van der Waals surface area contributed by atoms with Crippen molar-refractivity contribution >= 4 is 27.4 Å². The summed E-state index contributed by atoms with van der Waals surface area (Å²) in [6, 6.07) is 0. The first kappa shape index (κ1) is 11.0. The third-order valence-corrected chi connectivity index (χ3v) is 4.43. The van der Waals surface area contributed by atoms with Crippen molar-refractivity contribution in [3.8, 4) is 0 Å². The predicted molar refractivity (Wildman–Crippen MR) is 73.0 cm³/mol. The molecule has 1 fully saturated rings. The van der Waals surface area contributed by atoms with Gasteiger partial charge < -0.3 is 5.32 Å². The van der Waals surface area contributed by atoms with Crippen LogP contribution in [-0.4, -0.2) is 16.5 Å². The SMILES string of the molecule is CCNc1nc(C2CC2)nc2sc(C)c(C)c12. The lowest BCUT2D eigenvalue weighted by Gasteiger charge is -2.07. The van der Waals surface area contributed by atoms with Crippen molar-refractivity contribution < 1.29 is 0 Å². The highest BCUT2D eigenvalue weighted by Crippen LogP contribution is 2.41. The van der Waals surface area contributed by atoms with Gasteiger partial charge in [-0.3, -0.25) is 0 Å². The minimum atomic E-state index is 0.611. The van der Waals surface area contributed by atoms with Crippen LogP contribution < -0.4 is 5.32 Å². The van der Waals surface area contributed by atoms with Gasteiger partial charge in [-0.2, -0.15) is 0 Å². The predicted octanol–water partition coefficient (Wildman–Crippen LogP) is 3.62. The normalized spacial score (nSPS) is 15.5. The van der Waals surface area contributed by atoms with E-state index >= 15 is 0 Å². The fraction of sp³-hybridized carbons (Fsp3) is 0.538. The summed E-state index contributed by atoms with van der Waals surface area (Å²) in [5.74, 6) is 2.68. The standard InChI is InChI=1S/C13H17N3S/c1-4-14-12-10-7(2)8(3)17-13(10)16-11(15-12)9-5-6-9/h9H,4-6H2,1-3H3,(H,14,15,16). The number of nitrogens with zero attached hydrogens (tertiary/aromatic N) is 2. The van der Waals surface area contributed by atoms with Crippen molar-refractivity contribution in [3.05, 3.63) is 16.3 Å². The fourth-order valence-corrected chi connectivity index (χ4v) is 3.12. The lowest BCUT2D eigenvalue weighted by Crippen LogP contribution is -2.03. The van der Waals surface area contributed by atoms with Crippen LogP contribution in [0.25, 0.3) is 10.2 Å². The highest BCUT2D eigenvalue weighted by atomic mass is 32.1. The van der Waals surface area contributed by atoms with Gasteiger partial charge in [0.15, 0.2) is 0 Å². The third-order valence-electron chi connectivity index (χ3n) is 3.33. The lowest BCUT2D eigenvalue weighted by atomic mass is 10.2. The maximum atomic E-state index is 4.73. The van der Waals surface area contributed by atoms with Crippen molar-refractivity contribution in [2.75, 3.05) is 11.9 Å². The molecule has 3 rings (SSSR count). The van der Waals surface area contributed by atoms with E-state index in [1.165, 1.54) is 28.7 Å². The number of thiophene rings is 1. The van der Waals surface area contributed by atoms with Crippen LogP contribution in [0.3, 0.4) is 0 Å². The second kappa shape index (κ2) is 3.95. The molecule has 0 saturated heterocycles. The Morgan fingerprint density at radius 3 is 2.71 bits per heavy atom. The quantitative estimate of drug-likeness (QED) is 0.900. The number of rotatable bonds is 3. The first-order chi connectivity index (χ1) is 8.20. The van der Waals surface area contributed by atoms with Crippen LogP contribution in [0.2, 0.25) is 0 Å². The molecule has 2 aromatic heterocycles. The largest absolute Gasteiger partial charge is 0.370 e. The Hall–Kier alpha value is -1.16. The molecule has 90 valence electrons. The summed E-state index contributed by atoms with van der Waals surface area (Å²) in [7, 11) is 0. The highest BCUT2D eigenvalue weighted by molar-refractivity contribution is 7.18. The van der Waals surface area contributed by atoms with Gasteiger partial charge in [-0.05, 0) is 39.2 Å². The number of anilines is 1. The van der Waals surface area contributed by atoms with Crippen LogP contribution in [0.4, 0.5) is 5.82 Å². The van der Waals surface area contributed by atoms with Gasteiger partial charge >= 0.3 is 0 Å². The molecular formula is C13H17N3S. The van der Waals surface area contributed by atoms with E-state index in [0.29, 0.717) is 5.92 Å². The molecule has 0 amide bonds. The van der Waals surface area contributed by atoms with Crippen LogP contribution in [0.1, 0.15) is 41.9 Å². The van der Waals surface area contributed by atoms with Crippen LogP contribution in [0.15, 0.2) is 0 Å². The van der Waals surface area contributed by atoms with E-state index in [9.17, 15) is 0 Å². The fourth-order valence-electron chi connectivity index (χ4n) is 2.09. The Morgan fingerprint density at radius 1 is 1.29 bits per heavy atom. The average Bonchev–Trinajstić information content (AvgIpc) is 3.08. The maximum Gasteiger partial charge on any atom is 0.138 e. The van der Waals surface area contributed by atoms with Gasteiger partial charge in [0.25, 0.3) is 0 Å². The Kier molecular flexibility index (Phi) is 2.54. The molecule has 2 aromatic rings. The van der Waals surface area contributed by atoms with Crippen molar-refractivity contribution in [1.82, 2.24) is 9.97 Å². The summed E-state index contributed by atoms with van der Waals surface area (Å²) in [5.41, 5.74) is 1.32. The molecule has 0 spiro atoms. The zero-order valence-corrected chi connectivity index (χ0v) is 11.3. The molecular weight excluding hydrogens is 230 g/mol. The Bertz CT molecular complexity index is 570. The summed E-state index contributed by atoms with van der Waals surface area (Å²) in [6.07, 6.45) is 2.50. The number of hydrogen-bond donors (Lipinski definition) is 1. The second-order valence-electron chi connectivity index (χ2n) is 4.70. The monoisotopic (exact) mass is 247 g/mol. The van der Waals surface area contributed by atoms with Crippen molar-refractivity contribution in [2.45, 2.75) is 39.5 Å². The van der Waals surface area contributed by atoms with E-state index in [-0.39, 0.29) is 0 Å². The van der Waals surface area contributed by atoms with Crippen LogP contribution >= 0.6 is 11.3 Å². The molecule has 17 heavy (non-hydrogen) atoms. The smallest absolute Gasteiger partial charge is 0.138 e. The van der Waals surface area contributed by atoms with Crippen molar-refractivity contribution in [3.63, 3.8) is 0 Å². The van der Waals surface area contributed by atoms with Gasteiger partial charge in [0, 0.05) is 17.3 Å². The number of nitrogens with one attached hydrogen (secondary N) is 1. The Balaban J connectivity index is 2.23. The molecule has 0 atom stereocenters. The summed E-state index contributed by atoms with van der Waals surface area (Å²) < 4.78 is 0. The molecule has 0 aromatic carbocycles. The van der Waals surface area contributed by atoms with Gasteiger partial charge in [-0.25, -0.2) is 9.97 Å². The van der Waals surface area contributed by atoms with E-state index in [1.807, 2.05) is 0 Å². The summed E-state index contributed by atoms with van der Waals surface area (Å²) in [6.45, 7) is 7.34. The number of hydrogen-bond acceptors (Lipinski definition) is 4. The van der Waals surface area contributed by atoms with Gasteiger partial charge in [0.1, 0.15) is 16.5 Å². The van der Waals surface area contributed by atoms with E-state index in [4.69, 9.17) is 9.97 Å². The summed E-state index contributed by atoms with van der Waals surface area (Å²) in [5, 5.41) is 4.60. The molecule has 1 aliphatic carbocycles. The third kappa shape index (κ3) is 1.80. The summed E-state index contributed by atoms with van der Waals surface area (Å²) >= 11 is 1.79. The van der Waals surface area contributed by atoms with Gasteiger partial charge in [0.05, 0.1) is 5.39 Å². The Labute approximate surface area is 105 Å².